The summed E-state index contributed by atoms with van der Waals surface area (Å²) in [5, 5.41) is 0. The van der Waals surface area contributed by atoms with E-state index in [1.807, 2.05) is 0 Å². The predicted octanol–water partition coefficient (Wildman–Crippen LogP) is 14.0. The number of hydrogen-bond donors (Lipinski definition) is 0. The van der Waals surface area contributed by atoms with Gasteiger partial charge in [-0.2, -0.15) is 9.13 Å². The topological polar surface area (TPSA) is 19.4 Å². The highest BCUT2D eigenvalue weighted by Gasteiger charge is 2.17. The van der Waals surface area contributed by atoms with Crippen LogP contribution in [0.3, 0.4) is 0 Å². The molecule has 5 heteroatoms. The first-order valence-corrected chi connectivity index (χ1v) is 26.1. The quantitative estimate of drug-likeness (QED) is 0.153. The molecule has 0 aliphatic heterocycles. The van der Waals surface area contributed by atoms with Crippen molar-refractivity contribution < 1.29 is 22.8 Å². The lowest BCUT2D eigenvalue weighted by Gasteiger charge is -2.06. The van der Waals surface area contributed by atoms with Crippen molar-refractivity contribution in [3.63, 3.8) is 0 Å². The van der Waals surface area contributed by atoms with Gasteiger partial charge in [-0.25, -0.2) is 13.7 Å². The van der Waals surface area contributed by atoms with E-state index in [1.54, 1.807) is 0 Å². The Labute approximate surface area is 450 Å². The lowest BCUT2D eigenvalue weighted by Crippen LogP contribution is -2.34. The van der Waals surface area contributed by atoms with E-state index >= 15 is 0 Å². The molecule has 0 N–H and O–H groups in total. The molecule has 0 unspecified atom stereocenters. The van der Waals surface area contributed by atoms with Crippen LogP contribution in [0, 0.1) is 69.2 Å². The van der Waals surface area contributed by atoms with E-state index < -0.39 is 0 Å². The summed E-state index contributed by atoms with van der Waals surface area (Å²) in [5.74, 6) is 0. The molecular weight excluding hydrogens is 911 g/mol. The summed E-state index contributed by atoms with van der Waals surface area (Å²) in [5.41, 5.74) is 26.1. The number of aromatic nitrogens is 5. The molecule has 0 atom stereocenters. The molecule has 10 rings (SSSR count). The van der Waals surface area contributed by atoms with Crippen molar-refractivity contribution in [2.75, 3.05) is 0 Å². The van der Waals surface area contributed by atoms with Crippen molar-refractivity contribution in [1.29, 1.82) is 0 Å². The molecule has 5 aromatic carbocycles. The zero-order valence-corrected chi connectivity index (χ0v) is 47.4. The Morgan fingerprint density at radius 1 is 0.240 bits per heavy atom. The van der Waals surface area contributed by atoms with Crippen LogP contribution in [0.1, 0.15) is 55.9 Å². The lowest BCUT2D eigenvalue weighted by atomic mass is 10.0. The second kappa shape index (κ2) is 26.7. The molecule has 0 saturated heterocycles. The number of aryl methyl sites for hydroxylation is 13. The molecule has 10 aromatic rings. The highest BCUT2D eigenvalue weighted by molar-refractivity contribution is 5.65. The minimum absolute atomic E-state index is 1.27. The van der Waals surface area contributed by atoms with Crippen molar-refractivity contribution in [2.24, 2.45) is 35.2 Å². The Morgan fingerprint density at radius 3 is 0.880 bits per heavy atom. The average Bonchev–Trinajstić information content (AvgIpc) is 3.39. The third-order valence-corrected chi connectivity index (χ3v) is 14.1. The largest absolute Gasteiger partial charge is 0.215 e. The summed E-state index contributed by atoms with van der Waals surface area (Å²) >= 11 is 0. The maximum Gasteiger partial charge on any atom is 0.215 e. The van der Waals surface area contributed by atoms with Gasteiger partial charge in [0.15, 0.2) is 30.0 Å². The Balaban J connectivity index is 0.000000152. The zero-order chi connectivity index (χ0) is 54.2. The first kappa shape index (κ1) is 56.2. The zero-order valence-electron chi connectivity index (χ0n) is 47.4. The van der Waals surface area contributed by atoms with Crippen LogP contribution in [-0.4, -0.2) is 0 Å². The average molecular weight is 991 g/mol. The van der Waals surface area contributed by atoms with Gasteiger partial charge in [0.1, 0.15) is 35.2 Å². The van der Waals surface area contributed by atoms with Crippen LogP contribution in [0.5, 0.6) is 0 Å². The summed E-state index contributed by atoms with van der Waals surface area (Å²) in [6.07, 6.45) is 6.29. The van der Waals surface area contributed by atoms with Gasteiger partial charge >= 0.3 is 0 Å². The normalized spacial score (nSPS) is 10.3. The summed E-state index contributed by atoms with van der Waals surface area (Å²) in [6, 6.07) is 68.1. The molecule has 5 nitrogen and oxygen atoms in total. The summed E-state index contributed by atoms with van der Waals surface area (Å²) < 4.78 is 11.0. The molecule has 0 fully saturated rings. The van der Waals surface area contributed by atoms with Gasteiger partial charge in [-0.3, -0.25) is 0 Å². The molecule has 0 aliphatic rings. The maximum absolute atomic E-state index is 2.22. The van der Waals surface area contributed by atoms with E-state index in [0.29, 0.717) is 0 Å². The molecule has 0 bridgehead atoms. The van der Waals surface area contributed by atoms with Gasteiger partial charge in [-0.15, -0.1) is 0 Å². The predicted molar refractivity (Wildman–Crippen MR) is 313 cm³/mol. The first-order chi connectivity index (χ1) is 36.0. The molecule has 0 amide bonds. The Bertz CT molecular complexity index is 3230. The van der Waals surface area contributed by atoms with Crippen LogP contribution < -0.4 is 22.8 Å². The fraction of sp³-hybridized carbons (Fsp3) is 0.214. The third-order valence-electron chi connectivity index (χ3n) is 14.1. The van der Waals surface area contributed by atoms with E-state index in [2.05, 4.69) is 340 Å². The van der Waals surface area contributed by atoms with Crippen LogP contribution in [-0.2, 0) is 35.2 Å². The maximum atomic E-state index is 2.22. The minimum atomic E-state index is 1.27. The van der Waals surface area contributed by atoms with Crippen LogP contribution in [0.15, 0.2) is 213 Å². The standard InChI is InChI=1S/5C14H16N/c2*1-11-7-4-5-9-13(11)14-12(2)8-6-10-15(14)3;2*1-11-7-4-5-9-13(11)14-10-6-8-12(2)15(14)3;1-11-8-9-15(3)14(10-11)13-7-5-4-6-12(13)2/h5*4-10H,1-3H3/q5*+1. The highest BCUT2D eigenvalue weighted by Crippen LogP contribution is 2.25. The van der Waals surface area contributed by atoms with E-state index in [9.17, 15) is 0 Å². The Kier molecular flexibility index (Phi) is 20.0. The Hall–Kier alpha value is -8.15. The SMILES string of the molecule is Cc1cc[n+](C)c(-c2ccccc2C)c1.Cc1ccccc1-c1c(C)ccc[n+]1C.Cc1ccccc1-c1c(C)ccc[n+]1C.Cc1ccccc1-c1cccc(C)[n+]1C.Cc1ccccc1-c1cccc(C)[n+]1C. The molecule has 75 heavy (non-hydrogen) atoms. The van der Waals surface area contributed by atoms with E-state index in [-0.39, 0.29) is 0 Å². The van der Waals surface area contributed by atoms with E-state index in [0.717, 1.165) is 0 Å². The van der Waals surface area contributed by atoms with Gasteiger partial charge in [0, 0.05) is 101 Å². The van der Waals surface area contributed by atoms with Gasteiger partial charge in [0.05, 0.1) is 0 Å². The van der Waals surface area contributed by atoms with Gasteiger partial charge < -0.3 is 0 Å². The molecule has 5 aromatic heterocycles. The molecule has 0 aliphatic carbocycles. The van der Waals surface area contributed by atoms with E-state index in [1.165, 1.54) is 112 Å². The van der Waals surface area contributed by atoms with Crippen LogP contribution >= 0.6 is 0 Å². The molecule has 0 radical (unpaired) electrons. The number of benzene rings is 5. The smallest absolute Gasteiger partial charge is 0.201 e. The van der Waals surface area contributed by atoms with Crippen molar-refractivity contribution in [2.45, 2.75) is 69.2 Å². The lowest BCUT2D eigenvalue weighted by molar-refractivity contribution is -0.666. The minimum Gasteiger partial charge on any atom is -0.201 e. The van der Waals surface area contributed by atoms with Crippen molar-refractivity contribution in [3.05, 3.63) is 269 Å². The fourth-order valence-electron chi connectivity index (χ4n) is 9.43. The molecule has 5 heterocycles. The molecule has 0 spiro atoms. The first-order valence-electron chi connectivity index (χ1n) is 26.1. The second-order valence-electron chi connectivity index (χ2n) is 19.8. The van der Waals surface area contributed by atoms with Crippen molar-refractivity contribution in [1.82, 2.24) is 0 Å². The number of pyridine rings is 5. The summed E-state index contributed by atoms with van der Waals surface area (Å²) in [6.45, 7) is 21.4. The van der Waals surface area contributed by atoms with Crippen molar-refractivity contribution >= 4 is 0 Å². The van der Waals surface area contributed by atoms with Crippen LogP contribution in [0.2, 0.25) is 0 Å². The van der Waals surface area contributed by atoms with Crippen LogP contribution in [0.25, 0.3) is 56.3 Å². The second-order valence-corrected chi connectivity index (χ2v) is 19.8. The fourth-order valence-corrected chi connectivity index (χ4v) is 9.43. The Morgan fingerprint density at radius 2 is 0.547 bits per heavy atom. The van der Waals surface area contributed by atoms with E-state index in [4.69, 9.17) is 0 Å². The number of nitrogens with zero attached hydrogens (tertiary/aromatic N) is 5. The molecular formula is C70H80N5+5. The molecule has 0 saturated carbocycles. The van der Waals surface area contributed by atoms with Crippen LogP contribution in [0.4, 0.5) is 0 Å². The van der Waals surface area contributed by atoms with Gasteiger partial charge in [0.2, 0.25) is 28.5 Å². The van der Waals surface area contributed by atoms with Crippen molar-refractivity contribution in [3.8, 4) is 56.3 Å². The highest BCUT2D eigenvalue weighted by atomic mass is 15.0. The molecule has 380 valence electrons. The summed E-state index contributed by atoms with van der Waals surface area (Å²) in [7, 11) is 10.5. The van der Waals surface area contributed by atoms with Gasteiger partial charge in [-0.05, 0) is 143 Å². The summed E-state index contributed by atoms with van der Waals surface area (Å²) in [4.78, 5) is 0. The number of rotatable bonds is 5. The van der Waals surface area contributed by atoms with Gasteiger partial charge in [0.25, 0.3) is 0 Å². The van der Waals surface area contributed by atoms with Gasteiger partial charge in [-0.1, -0.05) is 91.0 Å². The number of hydrogen-bond acceptors (Lipinski definition) is 0. The monoisotopic (exact) mass is 991 g/mol. The third kappa shape index (κ3) is 14.5.